The van der Waals surface area contributed by atoms with Crippen LogP contribution in [0.15, 0.2) is 18.2 Å². The molecule has 1 aromatic heterocycles. The van der Waals surface area contributed by atoms with E-state index in [-0.39, 0.29) is 22.8 Å². The molecule has 0 atom stereocenters. The van der Waals surface area contributed by atoms with Gasteiger partial charge in [0.25, 0.3) is 5.69 Å². The van der Waals surface area contributed by atoms with Crippen LogP contribution in [-0.2, 0) is 17.8 Å². The molecule has 0 saturated heterocycles. The first-order valence-electron chi connectivity index (χ1n) is 6.14. The summed E-state index contributed by atoms with van der Waals surface area (Å²) in [5.74, 6) is 0.820. The summed E-state index contributed by atoms with van der Waals surface area (Å²) in [5, 5.41) is 19.4. The first kappa shape index (κ1) is 15.4. The maximum atomic E-state index is 11.2. The van der Waals surface area contributed by atoms with Crippen LogP contribution < -0.4 is 5.73 Å². The number of nitro benzene ring substituents is 1. The van der Waals surface area contributed by atoms with Crippen molar-refractivity contribution in [3.8, 4) is 11.4 Å². The van der Waals surface area contributed by atoms with Crippen molar-refractivity contribution in [1.82, 2.24) is 14.8 Å². The summed E-state index contributed by atoms with van der Waals surface area (Å²) in [5.41, 5.74) is 5.72. The molecule has 0 amide bonds. The van der Waals surface area contributed by atoms with Gasteiger partial charge < -0.3 is 15.0 Å². The molecular weight excluding hydrogens is 298 g/mol. The van der Waals surface area contributed by atoms with Gasteiger partial charge in [0.05, 0.1) is 23.1 Å². The van der Waals surface area contributed by atoms with Crippen LogP contribution in [0.1, 0.15) is 5.82 Å². The number of aromatic nitrogens is 3. The van der Waals surface area contributed by atoms with Crippen molar-refractivity contribution in [2.75, 3.05) is 13.7 Å². The Hall–Kier alpha value is -2.03. The number of nitrogens with zero attached hydrogens (tertiary/aromatic N) is 4. The number of benzene rings is 1. The number of methoxy groups -OCH3 is 1. The van der Waals surface area contributed by atoms with Crippen molar-refractivity contribution < 1.29 is 9.66 Å². The summed E-state index contributed by atoms with van der Waals surface area (Å²) in [7, 11) is 1.56. The third-order valence-corrected chi connectivity index (χ3v) is 3.26. The van der Waals surface area contributed by atoms with Crippen LogP contribution in [0, 0.1) is 10.1 Å². The minimum Gasteiger partial charge on any atom is -0.383 e. The highest BCUT2D eigenvalue weighted by atomic mass is 35.5. The van der Waals surface area contributed by atoms with Crippen LogP contribution >= 0.6 is 11.6 Å². The molecule has 0 aliphatic heterocycles. The molecule has 8 nitrogen and oxygen atoms in total. The summed E-state index contributed by atoms with van der Waals surface area (Å²) < 4.78 is 6.71. The summed E-state index contributed by atoms with van der Waals surface area (Å²) in [4.78, 5) is 10.7. The Balaban J connectivity index is 2.61. The molecule has 0 aliphatic carbocycles. The average Bonchev–Trinajstić information content (AvgIpc) is 2.87. The van der Waals surface area contributed by atoms with E-state index in [4.69, 9.17) is 22.1 Å². The maximum absolute atomic E-state index is 11.2. The standard InChI is InChI=1S/C12H14ClN5O3/c1-21-6-5-17-10(7-14)15-16-12(17)11-8(13)3-2-4-9(11)18(19)20/h2-4H,5-7,14H2,1H3. The number of hydrogen-bond donors (Lipinski definition) is 1. The Morgan fingerprint density at radius 2 is 2.24 bits per heavy atom. The van der Waals surface area contributed by atoms with E-state index in [0.29, 0.717) is 24.8 Å². The van der Waals surface area contributed by atoms with Crippen molar-refractivity contribution in [3.05, 3.63) is 39.2 Å². The Morgan fingerprint density at radius 1 is 1.48 bits per heavy atom. The second-order valence-electron chi connectivity index (χ2n) is 4.18. The molecule has 112 valence electrons. The summed E-state index contributed by atoms with van der Waals surface area (Å²) in [6, 6.07) is 4.46. The van der Waals surface area contributed by atoms with Gasteiger partial charge in [0.15, 0.2) is 5.82 Å². The molecule has 0 saturated carbocycles. The smallest absolute Gasteiger partial charge is 0.281 e. The summed E-state index contributed by atoms with van der Waals surface area (Å²) >= 11 is 6.12. The van der Waals surface area contributed by atoms with Gasteiger partial charge in [0.2, 0.25) is 0 Å². The summed E-state index contributed by atoms with van der Waals surface area (Å²) in [6.07, 6.45) is 0. The SMILES string of the molecule is COCCn1c(CN)nnc1-c1c(Cl)cccc1[N+](=O)[O-]. The van der Waals surface area contributed by atoms with Crippen LogP contribution in [0.5, 0.6) is 0 Å². The zero-order valence-corrected chi connectivity index (χ0v) is 12.1. The van der Waals surface area contributed by atoms with Gasteiger partial charge in [-0.05, 0) is 6.07 Å². The number of nitrogens with two attached hydrogens (primary N) is 1. The third kappa shape index (κ3) is 3.02. The molecule has 1 aromatic carbocycles. The molecule has 2 rings (SSSR count). The van der Waals surface area contributed by atoms with Gasteiger partial charge >= 0.3 is 0 Å². The van der Waals surface area contributed by atoms with E-state index < -0.39 is 4.92 Å². The molecule has 1 heterocycles. The fraction of sp³-hybridized carbons (Fsp3) is 0.333. The fourth-order valence-corrected chi connectivity index (χ4v) is 2.23. The Kier molecular flexibility index (Phi) is 4.84. The van der Waals surface area contributed by atoms with Crippen molar-refractivity contribution in [1.29, 1.82) is 0 Å². The van der Waals surface area contributed by atoms with Crippen LogP contribution in [-0.4, -0.2) is 33.4 Å². The minimum atomic E-state index is -0.501. The normalized spacial score (nSPS) is 10.8. The molecule has 2 aromatic rings. The third-order valence-electron chi connectivity index (χ3n) is 2.94. The largest absolute Gasteiger partial charge is 0.383 e. The van der Waals surface area contributed by atoms with Crippen molar-refractivity contribution in [2.24, 2.45) is 5.73 Å². The second kappa shape index (κ2) is 6.61. The van der Waals surface area contributed by atoms with E-state index in [0.717, 1.165) is 0 Å². The lowest BCUT2D eigenvalue weighted by Gasteiger charge is -2.10. The van der Waals surface area contributed by atoms with Crippen LogP contribution in [0.2, 0.25) is 5.02 Å². The average molecular weight is 312 g/mol. The highest BCUT2D eigenvalue weighted by Gasteiger charge is 2.24. The number of nitro groups is 1. The monoisotopic (exact) mass is 311 g/mol. The molecule has 0 radical (unpaired) electrons. The van der Waals surface area contributed by atoms with E-state index >= 15 is 0 Å². The van der Waals surface area contributed by atoms with E-state index in [2.05, 4.69) is 10.2 Å². The van der Waals surface area contributed by atoms with Gasteiger partial charge in [-0.2, -0.15) is 0 Å². The zero-order chi connectivity index (χ0) is 15.4. The molecule has 9 heteroatoms. The Labute approximate surface area is 125 Å². The van der Waals surface area contributed by atoms with Gasteiger partial charge in [-0.15, -0.1) is 10.2 Å². The number of ether oxygens (including phenoxy) is 1. The fourth-order valence-electron chi connectivity index (χ4n) is 1.98. The first-order valence-corrected chi connectivity index (χ1v) is 6.52. The minimum absolute atomic E-state index is 0.128. The van der Waals surface area contributed by atoms with Crippen molar-refractivity contribution in [2.45, 2.75) is 13.1 Å². The topological polar surface area (TPSA) is 109 Å². The predicted molar refractivity (Wildman–Crippen MR) is 76.9 cm³/mol. The lowest BCUT2D eigenvalue weighted by atomic mass is 10.1. The van der Waals surface area contributed by atoms with Crippen LogP contribution in [0.3, 0.4) is 0 Å². The molecule has 2 N–H and O–H groups in total. The second-order valence-corrected chi connectivity index (χ2v) is 4.59. The number of hydrogen-bond acceptors (Lipinski definition) is 6. The van der Waals surface area contributed by atoms with Crippen LogP contribution in [0.25, 0.3) is 11.4 Å². The predicted octanol–water partition coefficient (Wildman–Crippen LogP) is 1.61. The van der Waals surface area contributed by atoms with E-state index in [1.807, 2.05) is 0 Å². The van der Waals surface area contributed by atoms with Crippen molar-refractivity contribution in [3.63, 3.8) is 0 Å². The summed E-state index contributed by atoms with van der Waals surface area (Å²) in [6.45, 7) is 0.985. The highest BCUT2D eigenvalue weighted by molar-refractivity contribution is 6.33. The molecule has 0 unspecified atom stereocenters. The first-order chi connectivity index (χ1) is 10.1. The lowest BCUT2D eigenvalue weighted by Crippen LogP contribution is -2.13. The molecule has 0 aliphatic rings. The zero-order valence-electron chi connectivity index (χ0n) is 11.3. The maximum Gasteiger partial charge on any atom is 0.281 e. The molecular formula is C12H14ClN5O3. The lowest BCUT2D eigenvalue weighted by molar-refractivity contribution is -0.384. The molecule has 0 fully saturated rings. The molecule has 0 spiro atoms. The Morgan fingerprint density at radius 3 is 2.86 bits per heavy atom. The number of halogens is 1. The quantitative estimate of drug-likeness (QED) is 0.641. The van der Waals surface area contributed by atoms with E-state index in [9.17, 15) is 10.1 Å². The van der Waals surface area contributed by atoms with E-state index in [1.165, 1.54) is 12.1 Å². The van der Waals surface area contributed by atoms with Crippen molar-refractivity contribution >= 4 is 17.3 Å². The van der Waals surface area contributed by atoms with Gasteiger partial charge in [0.1, 0.15) is 11.4 Å². The molecule has 21 heavy (non-hydrogen) atoms. The van der Waals surface area contributed by atoms with Gasteiger partial charge in [-0.1, -0.05) is 17.7 Å². The van der Waals surface area contributed by atoms with Gasteiger partial charge in [-0.3, -0.25) is 10.1 Å². The van der Waals surface area contributed by atoms with Gasteiger partial charge in [-0.25, -0.2) is 0 Å². The van der Waals surface area contributed by atoms with Gasteiger partial charge in [0, 0.05) is 19.7 Å². The number of rotatable bonds is 6. The Bertz CT molecular complexity index is 658. The van der Waals surface area contributed by atoms with Crippen LogP contribution in [0.4, 0.5) is 5.69 Å². The molecule has 0 bridgehead atoms. The highest BCUT2D eigenvalue weighted by Crippen LogP contribution is 2.35. The van der Waals surface area contributed by atoms with E-state index in [1.54, 1.807) is 17.7 Å².